The molecule has 24 heavy (non-hydrogen) atoms. The SMILES string of the molecule is N#Cc1nccnc1Nc1cccc(C[S@](=O)C2CCCCC2)c1. The zero-order chi connectivity index (χ0) is 16.8. The number of nitrogens with zero attached hydrogens (tertiary/aromatic N) is 3. The number of benzene rings is 1. The predicted molar refractivity (Wildman–Crippen MR) is 95.2 cm³/mol. The molecule has 0 unspecified atom stereocenters. The Labute approximate surface area is 144 Å². The minimum atomic E-state index is -0.826. The van der Waals surface area contributed by atoms with Crippen molar-refractivity contribution in [1.82, 2.24) is 9.97 Å². The highest BCUT2D eigenvalue weighted by atomic mass is 32.2. The number of nitrogens with one attached hydrogen (secondary N) is 1. The van der Waals surface area contributed by atoms with E-state index < -0.39 is 10.8 Å². The predicted octanol–water partition coefficient (Wildman–Crippen LogP) is 3.67. The van der Waals surface area contributed by atoms with E-state index in [1.165, 1.54) is 25.5 Å². The van der Waals surface area contributed by atoms with E-state index in [0.717, 1.165) is 24.1 Å². The Morgan fingerprint density at radius 2 is 2.00 bits per heavy atom. The standard InChI is InChI=1S/C18H20N4OS/c19-12-17-18(21-10-9-20-17)22-15-6-4-5-14(11-15)13-24(23)16-7-2-1-3-8-16/h4-6,9-11,16H,1-3,7-8,13H2,(H,21,22)/t24-/m0/s1. The third kappa shape index (κ3) is 4.18. The highest BCUT2D eigenvalue weighted by Gasteiger charge is 2.19. The van der Waals surface area contributed by atoms with Crippen molar-refractivity contribution in [2.75, 3.05) is 5.32 Å². The van der Waals surface area contributed by atoms with Gasteiger partial charge in [0.25, 0.3) is 0 Å². The first-order valence-corrected chi connectivity index (χ1v) is 9.59. The van der Waals surface area contributed by atoms with Crippen LogP contribution in [0.5, 0.6) is 0 Å². The van der Waals surface area contributed by atoms with Crippen molar-refractivity contribution in [3.8, 4) is 6.07 Å². The van der Waals surface area contributed by atoms with Gasteiger partial charge in [0.15, 0.2) is 11.5 Å². The highest BCUT2D eigenvalue weighted by Crippen LogP contribution is 2.25. The molecule has 6 heteroatoms. The first-order valence-electron chi connectivity index (χ1n) is 8.20. The molecular weight excluding hydrogens is 320 g/mol. The number of hydrogen-bond donors (Lipinski definition) is 1. The quantitative estimate of drug-likeness (QED) is 0.898. The molecule has 5 nitrogen and oxygen atoms in total. The van der Waals surface area contributed by atoms with Gasteiger partial charge in [-0.1, -0.05) is 31.4 Å². The van der Waals surface area contributed by atoms with E-state index in [2.05, 4.69) is 15.3 Å². The maximum atomic E-state index is 12.6. The summed E-state index contributed by atoms with van der Waals surface area (Å²) in [5.74, 6) is 1.01. The maximum Gasteiger partial charge on any atom is 0.183 e. The summed E-state index contributed by atoms with van der Waals surface area (Å²) in [5.41, 5.74) is 2.12. The minimum Gasteiger partial charge on any atom is -0.338 e. The van der Waals surface area contributed by atoms with Crippen LogP contribution >= 0.6 is 0 Å². The molecule has 1 aromatic carbocycles. The second kappa shape index (κ2) is 8.02. The van der Waals surface area contributed by atoms with Crippen LogP contribution in [0.1, 0.15) is 43.4 Å². The van der Waals surface area contributed by atoms with Gasteiger partial charge in [0.05, 0.1) is 0 Å². The van der Waals surface area contributed by atoms with Crippen molar-refractivity contribution < 1.29 is 4.21 Å². The van der Waals surface area contributed by atoms with Gasteiger partial charge in [-0.25, -0.2) is 9.97 Å². The molecule has 0 bridgehead atoms. The molecule has 1 fully saturated rings. The topological polar surface area (TPSA) is 78.7 Å². The fourth-order valence-electron chi connectivity index (χ4n) is 3.00. The lowest BCUT2D eigenvalue weighted by Gasteiger charge is -2.21. The Bertz CT molecular complexity index is 766. The molecule has 1 aliphatic carbocycles. The molecule has 0 saturated heterocycles. The lowest BCUT2D eigenvalue weighted by molar-refractivity contribution is 0.504. The molecule has 0 radical (unpaired) electrons. The lowest BCUT2D eigenvalue weighted by Crippen LogP contribution is -2.19. The molecule has 0 amide bonds. The van der Waals surface area contributed by atoms with Crippen LogP contribution in [0.4, 0.5) is 11.5 Å². The Morgan fingerprint density at radius 3 is 2.79 bits per heavy atom. The number of hydrogen-bond acceptors (Lipinski definition) is 5. The van der Waals surface area contributed by atoms with Crippen molar-refractivity contribution in [2.24, 2.45) is 0 Å². The largest absolute Gasteiger partial charge is 0.338 e. The zero-order valence-corrected chi connectivity index (χ0v) is 14.3. The van der Waals surface area contributed by atoms with Crippen LogP contribution in [0, 0.1) is 11.3 Å². The van der Waals surface area contributed by atoms with Gasteiger partial charge in [-0.2, -0.15) is 5.26 Å². The van der Waals surface area contributed by atoms with Gasteiger partial charge in [-0.15, -0.1) is 0 Å². The van der Waals surface area contributed by atoms with Crippen LogP contribution in [0.2, 0.25) is 0 Å². The van der Waals surface area contributed by atoms with Crippen molar-refractivity contribution in [2.45, 2.75) is 43.1 Å². The van der Waals surface area contributed by atoms with Gasteiger partial charge in [0.1, 0.15) is 6.07 Å². The molecule has 3 rings (SSSR count). The Balaban J connectivity index is 1.70. The van der Waals surface area contributed by atoms with Crippen LogP contribution in [0.15, 0.2) is 36.7 Å². The van der Waals surface area contributed by atoms with E-state index >= 15 is 0 Å². The molecule has 1 N–H and O–H groups in total. The van der Waals surface area contributed by atoms with E-state index in [0.29, 0.717) is 16.8 Å². The molecular formula is C18H20N4OS. The summed E-state index contributed by atoms with van der Waals surface area (Å²) < 4.78 is 12.6. The zero-order valence-electron chi connectivity index (χ0n) is 13.4. The average molecular weight is 340 g/mol. The third-order valence-electron chi connectivity index (χ3n) is 4.23. The molecule has 0 aliphatic heterocycles. The summed E-state index contributed by atoms with van der Waals surface area (Å²) in [5, 5.41) is 12.5. The van der Waals surface area contributed by atoms with Gasteiger partial charge in [0, 0.05) is 39.9 Å². The first-order chi connectivity index (χ1) is 11.8. The molecule has 2 aromatic rings. The van der Waals surface area contributed by atoms with E-state index in [1.54, 1.807) is 6.20 Å². The summed E-state index contributed by atoms with van der Waals surface area (Å²) in [6, 6.07) is 9.82. The van der Waals surface area contributed by atoms with Crippen LogP contribution in [0.3, 0.4) is 0 Å². The lowest BCUT2D eigenvalue weighted by atomic mass is 10.0. The number of aromatic nitrogens is 2. The number of rotatable bonds is 5. The van der Waals surface area contributed by atoms with Crippen molar-refractivity contribution in [1.29, 1.82) is 5.26 Å². The third-order valence-corrected chi connectivity index (χ3v) is 6.06. The van der Waals surface area contributed by atoms with E-state index in [1.807, 2.05) is 30.3 Å². The second-order valence-electron chi connectivity index (χ2n) is 5.98. The van der Waals surface area contributed by atoms with Crippen molar-refractivity contribution in [3.05, 3.63) is 47.9 Å². The van der Waals surface area contributed by atoms with Gasteiger partial charge in [0.2, 0.25) is 0 Å². The normalized spacial score (nSPS) is 16.3. The van der Waals surface area contributed by atoms with E-state index in [9.17, 15) is 4.21 Å². The average Bonchev–Trinajstić information content (AvgIpc) is 2.63. The van der Waals surface area contributed by atoms with E-state index in [-0.39, 0.29) is 5.69 Å². The van der Waals surface area contributed by atoms with Gasteiger partial charge < -0.3 is 5.32 Å². The summed E-state index contributed by atoms with van der Waals surface area (Å²) >= 11 is 0. The van der Waals surface area contributed by atoms with E-state index in [4.69, 9.17) is 5.26 Å². The smallest absolute Gasteiger partial charge is 0.183 e. The molecule has 1 aliphatic rings. The van der Waals surface area contributed by atoms with Gasteiger partial charge >= 0.3 is 0 Å². The van der Waals surface area contributed by atoms with Crippen LogP contribution in [-0.4, -0.2) is 19.4 Å². The summed E-state index contributed by atoms with van der Waals surface area (Å²) in [6.07, 6.45) is 8.86. The second-order valence-corrected chi connectivity index (χ2v) is 7.69. The number of nitriles is 1. The summed E-state index contributed by atoms with van der Waals surface area (Å²) in [7, 11) is -0.826. The molecule has 1 saturated carbocycles. The van der Waals surface area contributed by atoms with Crippen LogP contribution in [0.25, 0.3) is 0 Å². The highest BCUT2D eigenvalue weighted by molar-refractivity contribution is 7.84. The molecule has 124 valence electrons. The Kier molecular flexibility index (Phi) is 5.55. The molecule has 0 spiro atoms. The van der Waals surface area contributed by atoms with Gasteiger partial charge in [-0.05, 0) is 30.5 Å². The maximum absolute atomic E-state index is 12.6. The first kappa shape index (κ1) is 16.6. The molecule has 1 aromatic heterocycles. The molecule has 1 heterocycles. The fourth-order valence-corrected chi connectivity index (χ4v) is 4.60. The minimum absolute atomic E-state index is 0.258. The van der Waals surface area contributed by atoms with Gasteiger partial charge in [-0.3, -0.25) is 4.21 Å². The summed E-state index contributed by atoms with van der Waals surface area (Å²) in [4.78, 5) is 8.14. The van der Waals surface area contributed by atoms with Crippen LogP contribution in [-0.2, 0) is 16.6 Å². The van der Waals surface area contributed by atoms with Crippen molar-refractivity contribution >= 4 is 22.3 Å². The van der Waals surface area contributed by atoms with Crippen molar-refractivity contribution in [3.63, 3.8) is 0 Å². The molecule has 1 atom stereocenters. The summed E-state index contributed by atoms with van der Waals surface area (Å²) in [6.45, 7) is 0. The van der Waals surface area contributed by atoms with Crippen LogP contribution < -0.4 is 5.32 Å². The number of anilines is 2. The monoisotopic (exact) mass is 340 g/mol. The Hall–Kier alpha value is -2.26. The fraction of sp³-hybridized carbons (Fsp3) is 0.389. The Morgan fingerprint density at radius 1 is 1.21 bits per heavy atom.